The zero-order valence-electron chi connectivity index (χ0n) is 15.9. The van der Waals surface area contributed by atoms with Gasteiger partial charge in [-0.1, -0.05) is 30.3 Å². The molecule has 0 N–H and O–H groups in total. The lowest BCUT2D eigenvalue weighted by atomic mass is 9.75. The number of piperidine rings is 1. The number of rotatable bonds is 7. The van der Waals surface area contributed by atoms with E-state index in [0.29, 0.717) is 25.3 Å². The second kappa shape index (κ2) is 9.18. The van der Waals surface area contributed by atoms with Gasteiger partial charge in [0.15, 0.2) is 0 Å². The highest BCUT2D eigenvalue weighted by Gasteiger charge is 2.44. The fourth-order valence-electron chi connectivity index (χ4n) is 3.91. The second-order valence-electron chi connectivity index (χ2n) is 7.18. The van der Waals surface area contributed by atoms with E-state index in [1.54, 1.807) is 0 Å². The number of hydrogen-bond donors (Lipinski definition) is 0. The van der Waals surface area contributed by atoms with Crippen molar-refractivity contribution in [2.45, 2.75) is 39.0 Å². The van der Waals surface area contributed by atoms with Crippen molar-refractivity contribution in [1.29, 1.82) is 0 Å². The Labute approximate surface area is 165 Å². The number of esters is 1. The van der Waals surface area contributed by atoms with Crippen molar-refractivity contribution in [2.24, 2.45) is 5.41 Å². The highest BCUT2D eigenvalue weighted by molar-refractivity contribution is 7.08. The molecule has 144 valence electrons. The van der Waals surface area contributed by atoms with Crippen LogP contribution in [0.4, 0.5) is 0 Å². The van der Waals surface area contributed by atoms with Gasteiger partial charge in [-0.05, 0) is 56.0 Å². The molecular formula is C22H27NO3S. The van der Waals surface area contributed by atoms with E-state index >= 15 is 0 Å². The van der Waals surface area contributed by atoms with Gasteiger partial charge in [0, 0.05) is 18.5 Å². The number of thiophene rings is 1. The molecule has 27 heavy (non-hydrogen) atoms. The number of ether oxygens (including phenoxy) is 1. The maximum absolute atomic E-state index is 12.9. The van der Waals surface area contributed by atoms with Crippen molar-refractivity contribution in [1.82, 2.24) is 4.90 Å². The molecule has 0 saturated carbocycles. The molecule has 0 bridgehead atoms. The van der Waals surface area contributed by atoms with Gasteiger partial charge in [-0.3, -0.25) is 9.59 Å². The van der Waals surface area contributed by atoms with Crippen LogP contribution in [0.25, 0.3) is 0 Å². The average molecular weight is 386 g/mol. The Morgan fingerprint density at radius 2 is 2.04 bits per heavy atom. The summed E-state index contributed by atoms with van der Waals surface area (Å²) in [5.41, 5.74) is 1.40. The molecule has 0 unspecified atom stereocenters. The SMILES string of the molecule is CCOC(=O)[C@]1(CCCc2ccccc2)CCCN(C(=O)c2ccsc2)C1. The van der Waals surface area contributed by atoms with E-state index in [4.69, 9.17) is 4.74 Å². The molecule has 4 nitrogen and oxygen atoms in total. The van der Waals surface area contributed by atoms with Gasteiger partial charge >= 0.3 is 5.97 Å². The number of aryl methyl sites for hydroxylation is 1. The van der Waals surface area contributed by atoms with Crippen molar-refractivity contribution in [3.05, 3.63) is 58.3 Å². The van der Waals surface area contributed by atoms with E-state index in [-0.39, 0.29) is 11.9 Å². The number of benzene rings is 1. The molecule has 0 radical (unpaired) electrons. The van der Waals surface area contributed by atoms with E-state index in [1.807, 2.05) is 46.8 Å². The van der Waals surface area contributed by atoms with Gasteiger partial charge in [-0.2, -0.15) is 11.3 Å². The minimum Gasteiger partial charge on any atom is -0.466 e. The summed E-state index contributed by atoms with van der Waals surface area (Å²) in [4.78, 5) is 27.5. The first-order chi connectivity index (χ1) is 13.1. The topological polar surface area (TPSA) is 46.6 Å². The molecule has 1 aromatic carbocycles. The van der Waals surface area contributed by atoms with Crippen molar-refractivity contribution >= 4 is 23.2 Å². The van der Waals surface area contributed by atoms with Crippen molar-refractivity contribution < 1.29 is 14.3 Å². The van der Waals surface area contributed by atoms with Gasteiger partial charge in [0.05, 0.1) is 17.6 Å². The van der Waals surface area contributed by atoms with Crippen LogP contribution in [-0.4, -0.2) is 36.5 Å². The largest absolute Gasteiger partial charge is 0.466 e. The summed E-state index contributed by atoms with van der Waals surface area (Å²) < 4.78 is 5.43. The average Bonchev–Trinajstić information content (AvgIpc) is 3.23. The van der Waals surface area contributed by atoms with Crippen LogP contribution in [0.2, 0.25) is 0 Å². The Morgan fingerprint density at radius 3 is 2.74 bits per heavy atom. The minimum absolute atomic E-state index is 0.0210. The molecule has 1 aliphatic rings. The van der Waals surface area contributed by atoms with E-state index < -0.39 is 5.41 Å². The maximum Gasteiger partial charge on any atom is 0.313 e. The fraction of sp³-hybridized carbons (Fsp3) is 0.455. The van der Waals surface area contributed by atoms with Gasteiger partial charge < -0.3 is 9.64 Å². The zero-order valence-corrected chi connectivity index (χ0v) is 16.7. The molecule has 1 aromatic heterocycles. The lowest BCUT2D eigenvalue weighted by molar-refractivity contribution is -0.159. The monoisotopic (exact) mass is 385 g/mol. The van der Waals surface area contributed by atoms with Crippen molar-refractivity contribution in [3.63, 3.8) is 0 Å². The first-order valence-electron chi connectivity index (χ1n) is 9.67. The molecule has 1 fully saturated rings. The standard InChI is InChI=1S/C22H27NO3S/c1-2-26-21(25)22(12-6-10-18-8-4-3-5-9-18)13-7-14-23(17-22)20(24)19-11-15-27-16-19/h3-5,8-9,11,15-16H,2,6-7,10,12-14,17H2,1H3/t22-/m1/s1. The summed E-state index contributed by atoms with van der Waals surface area (Å²) in [6.07, 6.45) is 4.20. The molecule has 2 heterocycles. The zero-order chi connectivity index (χ0) is 19.1. The third-order valence-electron chi connectivity index (χ3n) is 5.30. The van der Waals surface area contributed by atoms with Crippen LogP contribution < -0.4 is 0 Å². The van der Waals surface area contributed by atoms with Crippen LogP contribution in [0.3, 0.4) is 0 Å². The summed E-state index contributed by atoms with van der Waals surface area (Å²) in [5.74, 6) is -0.131. The smallest absolute Gasteiger partial charge is 0.313 e. The molecule has 0 aliphatic carbocycles. The van der Waals surface area contributed by atoms with Gasteiger partial charge in [-0.15, -0.1) is 0 Å². The minimum atomic E-state index is -0.589. The molecule has 1 atom stereocenters. The highest BCUT2D eigenvalue weighted by atomic mass is 32.1. The molecule has 2 aromatic rings. The van der Waals surface area contributed by atoms with Crippen molar-refractivity contribution in [3.8, 4) is 0 Å². The summed E-state index contributed by atoms with van der Waals surface area (Å²) in [7, 11) is 0. The lowest BCUT2D eigenvalue weighted by Gasteiger charge is -2.41. The van der Waals surface area contributed by atoms with Gasteiger partial charge in [-0.25, -0.2) is 0 Å². The third kappa shape index (κ3) is 4.78. The Morgan fingerprint density at radius 1 is 1.22 bits per heavy atom. The number of amides is 1. The number of likely N-dealkylation sites (tertiary alicyclic amines) is 1. The summed E-state index contributed by atoms with van der Waals surface area (Å²) in [6, 6.07) is 12.2. The van der Waals surface area contributed by atoms with Gasteiger partial charge in [0.25, 0.3) is 5.91 Å². The lowest BCUT2D eigenvalue weighted by Crippen LogP contribution is -2.50. The van der Waals surface area contributed by atoms with Crippen LogP contribution in [0.1, 0.15) is 48.5 Å². The molecule has 0 spiro atoms. The number of carbonyl (C=O) groups is 2. The first kappa shape index (κ1) is 19.6. The maximum atomic E-state index is 12.9. The Balaban J connectivity index is 1.71. The molecule has 3 rings (SSSR count). The Kier molecular flexibility index (Phi) is 6.67. The van der Waals surface area contributed by atoms with E-state index in [0.717, 1.165) is 32.1 Å². The second-order valence-corrected chi connectivity index (χ2v) is 7.96. The van der Waals surface area contributed by atoms with Crippen LogP contribution in [0.5, 0.6) is 0 Å². The molecule has 1 saturated heterocycles. The highest BCUT2D eigenvalue weighted by Crippen LogP contribution is 2.37. The van der Waals surface area contributed by atoms with E-state index in [2.05, 4.69) is 12.1 Å². The number of nitrogens with zero attached hydrogens (tertiary/aromatic N) is 1. The van der Waals surface area contributed by atoms with E-state index in [1.165, 1.54) is 16.9 Å². The normalized spacial score (nSPS) is 19.7. The summed E-state index contributed by atoms with van der Waals surface area (Å²) in [5, 5.41) is 3.79. The number of carbonyl (C=O) groups excluding carboxylic acids is 2. The number of hydrogen-bond acceptors (Lipinski definition) is 4. The quantitative estimate of drug-likeness (QED) is 0.657. The molecular weight excluding hydrogens is 358 g/mol. The Hall–Kier alpha value is -2.14. The van der Waals surface area contributed by atoms with Crippen molar-refractivity contribution in [2.75, 3.05) is 19.7 Å². The molecule has 5 heteroatoms. The van der Waals surface area contributed by atoms with Crippen LogP contribution in [0.15, 0.2) is 47.2 Å². The Bertz CT molecular complexity index is 744. The van der Waals surface area contributed by atoms with E-state index in [9.17, 15) is 9.59 Å². The summed E-state index contributed by atoms with van der Waals surface area (Å²) in [6.45, 7) is 3.37. The van der Waals surface area contributed by atoms with Crippen LogP contribution >= 0.6 is 11.3 Å². The van der Waals surface area contributed by atoms with Gasteiger partial charge in [0.1, 0.15) is 0 Å². The van der Waals surface area contributed by atoms with Crippen LogP contribution in [0, 0.1) is 5.41 Å². The first-order valence-corrected chi connectivity index (χ1v) is 10.6. The predicted molar refractivity (Wildman–Crippen MR) is 108 cm³/mol. The molecule has 1 amide bonds. The third-order valence-corrected chi connectivity index (χ3v) is 5.99. The predicted octanol–water partition coefficient (Wildman–Crippen LogP) is 4.56. The van der Waals surface area contributed by atoms with Gasteiger partial charge in [0.2, 0.25) is 0 Å². The van der Waals surface area contributed by atoms with Crippen LogP contribution in [-0.2, 0) is 16.0 Å². The molecule has 1 aliphatic heterocycles. The summed E-state index contributed by atoms with van der Waals surface area (Å²) >= 11 is 1.52. The fourth-order valence-corrected chi connectivity index (χ4v) is 4.54.